The number of alkyl halides is 7. The molecule has 0 spiro atoms. The Morgan fingerprint density at radius 3 is 1.86 bits per heavy atom. The second kappa shape index (κ2) is 20.3. The number of rotatable bonds is 13. The van der Waals surface area contributed by atoms with E-state index >= 15 is 4.39 Å². The van der Waals surface area contributed by atoms with Crippen LogP contribution in [0.3, 0.4) is 0 Å². The number of carbonyl (C=O) groups excluding carboxylic acids is 4. The molecule has 1 heterocycles. The Hall–Kier alpha value is -5.45. The second-order valence-corrected chi connectivity index (χ2v) is 21.5. The first-order valence-corrected chi connectivity index (χ1v) is 24.5. The third-order valence-corrected chi connectivity index (χ3v) is 15.6. The van der Waals surface area contributed by atoms with E-state index in [1.165, 1.54) is 75.3 Å². The molecule has 9 nitrogen and oxygen atoms in total. The quantitative estimate of drug-likeness (QED) is 0.116. The van der Waals surface area contributed by atoms with Crippen LogP contribution in [0.1, 0.15) is 168 Å². The molecule has 0 bridgehead atoms. The first-order valence-electron chi connectivity index (χ1n) is 24.5. The molecule has 7 rings (SSSR count). The number of aldehydes is 1. The molecule has 0 saturated heterocycles. The average molecular weight is 1030 g/mol. The third-order valence-electron chi connectivity index (χ3n) is 15.6. The Labute approximate surface area is 424 Å². The van der Waals surface area contributed by atoms with Crippen molar-refractivity contribution in [2.45, 2.75) is 179 Å². The molecule has 2 aromatic rings. The van der Waals surface area contributed by atoms with Gasteiger partial charge in [-0.05, 0) is 144 Å². The normalized spacial score (nSPS) is 33.4. The van der Waals surface area contributed by atoms with Crippen molar-refractivity contribution >= 4 is 24.0 Å². The summed E-state index contributed by atoms with van der Waals surface area (Å²) in [6.45, 7) is 22.1. The molecule has 2 N–H and O–H groups in total. The van der Waals surface area contributed by atoms with E-state index in [-0.39, 0.29) is 33.4 Å². The first kappa shape index (κ1) is 58.4. The maximum atomic E-state index is 15.1. The molecule has 2 fully saturated rings. The third kappa shape index (κ3) is 10.8. The van der Waals surface area contributed by atoms with Gasteiger partial charge in [-0.15, -0.1) is 0 Å². The van der Waals surface area contributed by atoms with E-state index in [0.29, 0.717) is 24.3 Å². The Kier molecular flexibility index (Phi) is 16.3. The molecule has 9 atom stereocenters. The minimum absolute atomic E-state index is 0.0991. The number of hydrogen-bond donors (Lipinski definition) is 2. The van der Waals surface area contributed by atoms with Crippen LogP contribution in [0.5, 0.6) is 0 Å². The molecule has 2 aromatic carbocycles. The smallest absolute Gasteiger partial charge is 0.307 e. The average Bonchev–Trinajstić information content (AvgIpc) is 3.46. The molecule has 5 aliphatic rings. The molecule has 16 heteroatoms. The summed E-state index contributed by atoms with van der Waals surface area (Å²) in [5.74, 6) is -12.6. The van der Waals surface area contributed by atoms with Gasteiger partial charge in [0.05, 0.1) is 22.4 Å². The number of aryl methyl sites for hydroxylation is 1. The van der Waals surface area contributed by atoms with E-state index in [0.717, 1.165) is 48.8 Å². The van der Waals surface area contributed by atoms with Crippen molar-refractivity contribution < 1.29 is 64.5 Å². The Bertz CT molecular complexity index is 2670. The molecule has 1 aliphatic heterocycles. The highest BCUT2D eigenvalue weighted by Crippen LogP contribution is 2.61. The summed E-state index contributed by atoms with van der Waals surface area (Å²) >= 11 is 0. The lowest BCUT2D eigenvalue weighted by molar-refractivity contribution is -0.462. The van der Waals surface area contributed by atoms with Crippen LogP contribution < -0.4 is 5.32 Å². The molecule has 4 aliphatic carbocycles. The number of allylic oxidation sites excluding steroid dienone is 6. The monoisotopic (exact) mass is 1030 g/mol. The van der Waals surface area contributed by atoms with Crippen molar-refractivity contribution in [1.29, 1.82) is 0 Å². The number of fused-ring (bicyclic) bond motifs is 1. The predicted octanol–water partition coefficient (Wildman–Crippen LogP) is 13.2. The van der Waals surface area contributed by atoms with Gasteiger partial charge in [0, 0.05) is 17.7 Å². The zero-order valence-corrected chi connectivity index (χ0v) is 43.9. The zero-order valence-electron chi connectivity index (χ0n) is 43.9. The maximum Gasteiger partial charge on any atom is 0.307 e. The molecule has 398 valence electrons. The molecule has 73 heavy (non-hydrogen) atoms. The van der Waals surface area contributed by atoms with Crippen molar-refractivity contribution in [3.05, 3.63) is 142 Å². The van der Waals surface area contributed by atoms with Crippen LogP contribution in [0.25, 0.3) is 0 Å². The molecule has 0 radical (unpaired) electrons. The SMILES string of the molecule is CCC(C)(C)CC.CCC(C)(CC)c1ccc(C(=O)NC2=CC=CC(C)(OC3(F)CC(C)(F)C3(C)F)C=C2)c(C=O)c1.Cc1ccc2c(c1)C(=O)N(C1=CC=CC(C)(OC3(F)C(F)C(C)(F)C3(O)F)C=C1)C2=O. The van der Waals surface area contributed by atoms with Crippen LogP contribution in [-0.2, 0) is 14.9 Å². The number of hydrogen-bond acceptors (Lipinski definition) is 7. The van der Waals surface area contributed by atoms with E-state index in [1.807, 2.05) is 6.07 Å². The van der Waals surface area contributed by atoms with Crippen LogP contribution in [0.2, 0.25) is 0 Å². The summed E-state index contributed by atoms with van der Waals surface area (Å²) in [5.41, 5.74) is -8.11. The summed E-state index contributed by atoms with van der Waals surface area (Å²) < 4.78 is 111. The Morgan fingerprint density at radius 2 is 1.34 bits per heavy atom. The van der Waals surface area contributed by atoms with E-state index in [9.17, 15) is 50.6 Å². The minimum Gasteiger partial charge on any atom is -0.355 e. The minimum atomic E-state index is -4.22. The van der Waals surface area contributed by atoms with Crippen molar-refractivity contribution in [3.8, 4) is 0 Å². The van der Waals surface area contributed by atoms with E-state index in [2.05, 4.69) is 53.8 Å². The topological polar surface area (TPSA) is 122 Å². The molecule has 9 unspecified atom stereocenters. The van der Waals surface area contributed by atoms with Gasteiger partial charge in [0.25, 0.3) is 23.6 Å². The summed E-state index contributed by atoms with van der Waals surface area (Å²) in [6, 6.07) is 10.1. The summed E-state index contributed by atoms with van der Waals surface area (Å²) in [6.07, 6.45) is 15.1. The summed E-state index contributed by atoms with van der Waals surface area (Å²) in [4.78, 5) is 51.1. The van der Waals surface area contributed by atoms with Crippen LogP contribution >= 0.6 is 0 Å². The molecular formula is C57H69F7N2O7. The van der Waals surface area contributed by atoms with Gasteiger partial charge in [-0.3, -0.25) is 19.2 Å². The van der Waals surface area contributed by atoms with Gasteiger partial charge in [0.2, 0.25) is 11.8 Å². The largest absolute Gasteiger partial charge is 0.355 e. The number of aliphatic hydroxyl groups is 1. The number of ether oxygens (including phenoxy) is 2. The highest BCUT2D eigenvalue weighted by atomic mass is 19.2. The number of imide groups is 1. The van der Waals surface area contributed by atoms with Gasteiger partial charge in [-0.25, -0.2) is 35.6 Å². The van der Waals surface area contributed by atoms with Gasteiger partial charge in [0.15, 0.2) is 17.6 Å². The van der Waals surface area contributed by atoms with Crippen LogP contribution in [-0.4, -0.2) is 86.0 Å². The van der Waals surface area contributed by atoms with Gasteiger partial charge < -0.3 is 19.9 Å². The number of amides is 3. The van der Waals surface area contributed by atoms with Crippen molar-refractivity contribution in [1.82, 2.24) is 10.2 Å². The second-order valence-electron chi connectivity index (χ2n) is 21.5. The molecular weight excluding hydrogens is 958 g/mol. The van der Waals surface area contributed by atoms with E-state index in [4.69, 9.17) is 9.47 Å². The van der Waals surface area contributed by atoms with E-state index < -0.39 is 76.1 Å². The van der Waals surface area contributed by atoms with Gasteiger partial charge in [0.1, 0.15) is 11.2 Å². The number of nitrogens with zero attached hydrogens (tertiary/aromatic N) is 1. The van der Waals surface area contributed by atoms with Crippen LogP contribution in [0, 0.1) is 12.3 Å². The fraction of sp³-hybridized carbons (Fsp3) is 0.509. The van der Waals surface area contributed by atoms with Crippen LogP contribution in [0.15, 0.2) is 109 Å². The standard InChI is InChI=1S/C28H34F3NO3.C22H19F4NO4.C7H16/c1-7-24(3,8-2)20-11-12-22(19(16-20)17-33)23(34)32-21-10-9-14-25(4,15-13-21)35-28(31)18-26(5,29)27(28,6)30;1-12-6-7-14-15(11-12)17(29)27(16(14)28)13-5-4-9-19(2,10-8-13)31-21(25)18(23)20(3,24)22(21,26)30;1-5-7(3,4)6-2/h9-17H,7-8,18H2,1-6H3,(H,32,34);4-11,18,30H,1-3H3;5-6H2,1-4H3. The first-order chi connectivity index (χ1) is 33.5. The van der Waals surface area contributed by atoms with Gasteiger partial charge in [-0.1, -0.05) is 91.2 Å². The predicted molar refractivity (Wildman–Crippen MR) is 267 cm³/mol. The molecule has 3 amide bonds. The maximum absolute atomic E-state index is 15.1. The Morgan fingerprint density at radius 1 is 0.781 bits per heavy atom. The lowest BCUT2D eigenvalue weighted by Gasteiger charge is -2.56. The highest BCUT2D eigenvalue weighted by Gasteiger charge is 2.87. The fourth-order valence-electron chi connectivity index (χ4n) is 8.62. The molecule has 2 saturated carbocycles. The number of benzene rings is 2. The highest BCUT2D eigenvalue weighted by molar-refractivity contribution is 6.22. The number of carbonyl (C=O) groups is 4. The fourth-order valence-corrected chi connectivity index (χ4v) is 8.62. The van der Waals surface area contributed by atoms with E-state index in [1.54, 1.807) is 43.3 Å². The lowest BCUT2D eigenvalue weighted by atomic mass is 9.65. The number of nitrogens with one attached hydrogen (secondary N) is 1. The van der Waals surface area contributed by atoms with Crippen molar-refractivity contribution in [2.75, 3.05) is 0 Å². The molecule has 0 aromatic heterocycles. The number of halogens is 7. The summed E-state index contributed by atoms with van der Waals surface area (Å²) in [5, 5.41) is 12.3. The van der Waals surface area contributed by atoms with Gasteiger partial charge in [-0.2, -0.15) is 0 Å². The van der Waals surface area contributed by atoms with Crippen LogP contribution in [0.4, 0.5) is 30.7 Å². The Balaban J connectivity index is 0.000000241. The summed E-state index contributed by atoms with van der Waals surface area (Å²) in [7, 11) is 0. The van der Waals surface area contributed by atoms with Crippen molar-refractivity contribution in [2.24, 2.45) is 5.41 Å². The lowest BCUT2D eigenvalue weighted by Crippen LogP contribution is -2.82. The van der Waals surface area contributed by atoms with Gasteiger partial charge >= 0.3 is 11.7 Å². The van der Waals surface area contributed by atoms with Crippen molar-refractivity contribution in [3.63, 3.8) is 0 Å². The zero-order chi connectivity index (χ0) is 55.2.